The number of aliphatic hydroxyl groups is 1. The van der Waals surface area contributed by atoms with Crippen LogP contribution in [0.25, 0.3) is 0 Å². The largest absolute Gasteiger partial charge is 0.394 e. The van der Waals surface area contributed by atoms with Crippen molar-refractivity contribution < 1.29 is 14.6 Å². The van der Waals surface area contributed by atoms with Crippen molar-refractivity contribution >= 4 is 6.03 Å². The Bertz CT molecular complexity index is 407. The van der Waals surface area contributed by atoms with Crippen molar-refractivity contribution in [3.8, 4) is 0 Å². The summed E-state index contributed by atoms with van der Waals surface area (Å²) in [5, 5.41) is 14.8. The number of amides is 2. The van der Waals surface area contributed by atoms with Gasteiger partial charge in [0, 0.05) is 13.2 Å². The minimum absolute atomic E-state index is 0.129. The van der Waals surface area contributed by atoms with Crippen molar-refractivity contribution in [1.82, 2.24) is 10.6 Å². The molecule has 20 heavy (non-hydrogen) atoms. The molecule has 5 heteroatoms. The second kappa shape index (κ2) is 7.87. The lowest BCUT2D eigenvalue weighted by molar-refractivity contribution is 0.126. The first-order valence-corrected chi connectivity index (χ1v) is 7.07. The van der Waals surface area contributed by atoms with Gasteiger partial charge in [0.05, 0.1) is 19.3 Å². The van der Waals surface area contributed by atoms with Gasteiger partial charge in [-0.3, -0.25) is 0 Å². The zero-order chi connectivity index (χ0) is 14.2. The van der Waals surface area contributed by atoms with Crippen LogP contribution in [0.1, 0.15) is 24.4 Å². The molecule has 0 bridgehead atoms. The molecule has 1 aliphatic carbocycles. The van der Waals surface area contributed by atoms with Gasteiger partial charge in [0.15, 0.2) is 0 Å². The van der Waals surface area contributed by atoms with Crippen LogP contribution in [0.5, 0.6) is 0 Å². The van der Waals surface area contributed by atoms with E-state index < -0.39 is 0 Å². The zero-order valence-corrected chi connectivity index (χ0v) is 11.5. The highest BCUT2D eigenvalue weighted by molar-refractivity contribution is 5.74. The predicted octanol–water partition coefficient (Wildman–Crippen LogP) is 1.45. The van der Waals surface area contributed by atoms with E-state index in [2.05, 4.69) is 10.6 Å². The standard InChI is InChI=1S/C15H22N2O3/c18-10-14(13-4-2-1-3-5-13)17-15(19)16-8-9-20-11-12-6-7-12/h1-5,12,14,18H,6-11H2,(H2,16,17,19). The van der Waals surface area contributed by atoms with Gasteiger partial charge in [-0.25, -0.2) is 4.79 Å². The van der Waals surface area contributed by atoms with Gasteiger partial charge in [-0.2, -0.15) is 0 Å². The van der Waals surface area contributed by atoms with Crippen LogP contribution in [0.15, 0.2) is 30.3 Å². The minimum Gasteiger partial charge on any atom is -0.394 e. The van der Waals surface area contributed by atoms with E-state index in [9.17, 15) is 9.90 Å². The molecule has 2 amide bonds. The summed E-state index contributed by atoms with van der Waals surface area (Å²) in [6.45, 7) is 1.67. The van der Waals surface area contributed by atoms with Gasteiger partial charge in [0.25, 0.3) is 0 Å². The van der Waals surface area contributed by atoms with Crippen LogP contribution in [0.4, 0.5) is 4.79 Å². The Morgan fingerprint density at radius 3 is 2.75 bits per heavy atom. The topological polar surface area (TPSA) is 70.6 Å². The van der Waals surface area contributed by atoms with E-state index in [1.54, 1.807) is 0 Å². The van der Waals surface area contributed by atoms with Crippen LogP contribution in [0, 0.1) is 5.92 Å². The van der Waals surface area contributed by atoms with Crippen molar-refractivity contribution in [3.05, 3.63) is 35.9 Å². The molecule has 3 N–H and O–H groups in total. The predicted molar refractivity (Wildman–Crippen MR) is 76.3 cm³/mol. The van der Waals surface area contributed by atoms with E-state index in [0.717, 1.165) is 18.1 Å². The molecule has 1 unspecified atom stereocenters. The number of rotatable bonds is 8. The third-order valence-corrected chi connectivity index (χ3v) is 3.27. The molecule has 1 aliphatic rings. The monoisotopic (exact) mass is 278 g/mol. The maximum atomic E-state index is 11.7. The lowest BCUT2D eigenvalue weighted by atomic mass is 10.1. The van der Waals surface area contributed by atoms with Gasteiger partial charge in [0.1, 0.15) is 0 Å². The molecule has 1 saturated carbocycles. The SMILES string of the molecule is O=C(NCCOCC1CC1)NC(CO)c1ccccc1. The first kappa shape index (κ1) is 14.8. The second-order valence-electron chi connectivity index (χ2n) is 5.06. The van der Waals surface area contributed by atoms with Crippen LogP contribution in [0.3, 0.4) is 0 Å². The summed E-state index contributed by atoms with van der Waals surface area (Å²) >= 11 is 0. The number of urea groups is 1. The average molecular weight is 278 g/mol. The Hall–Kier alpha value is -1.59. The molecule has 0 spiro atoms. The third-order valence-electron chi connectivity index (χ3n) is 3.27. The Labute approximate surface area is 119 Å². The molecule has 0 radical (unpaired) electrons. The Morgan fingerprint density at radius 2 is 2.10 bits per heavy atom. The van der Waals surface area contributed by atoms with E-state index in [0.29, 0.717) is 13.2 Å². The zero-order valence-electron chi connectivity index (χ0n) is 11.5. The smallest absolute Gasteiger partial charge is 0.315 e. The Morgan fingerprint density at radius 1 is 1.35 bits per heavy atom. The van der Waals surface area contributed by atoms with Crippen molar-refractivity contribution in [2.24, 2.45) is 5.92 Å². The van der Waals surface area contributed by atoms with Gasteiger partial charge in [-0.05, 0) is 24.3 Å². The quantitative estimate of drug-likeness (QED) is 0.630. The minimum atomic E-state index is -0.386. The molecule has 0 aliphatic heterocycles. The maximum absolute atomic E-state index is 11.7. The van der Waals surface area contributed by atoms with Crippen LogP contribution >= 0.6 is 0 Å². The number of ether oxygens (including phenoxy) is 1. The number of carbonyl (C=O) groups excluding carboxylic acids is 1. The van der Waals surface area contributed by atoms with Crippen LogP contribution in [0.2, 0.25) is 0 Å². The summed E-state index contributed by atoms with van der Waals surface area (Å²) in [4.78, 5) is 11.7. The number of hydrogen-bond acceptors (Lipinski definition) is 3. The molecule has 1 atom stereocenters. The molecule has 0 heterocycles. The van der Waals surface area contributed by atoms with E-state index in [1.807, 2.05) is 30.3 Å². The molecule has 110 valence electrons. The van der Waals surface area contributed by atoms with Crippen molar-refractivity contribution in [3.63, 3.8) is 0 Å². The Kier molecular flexibility index (Phi) is 5.83. The maximum Gasteiger partial charge on any atom is 0.315 e. The van der Waals surface area contributed by atoms with Crippen LogP contribution in [-0.4, -0.2) is 37.5 Å². The summed E-state index contributed by atoms with van der Waals surface area (Å²) in [6, 6.07) is 8.73. The number of nitrogens with one attached hydrogen (secondary N) is 2. The van der Waals surface area contributed by atoms with Crippen molar-refractivity contribution in [1.29, 1.82) is 0 Å². The van der Waals surface area contributed by atoms with Gasteiger partial charge in [-0.1, -0.05) is 30.3 Å². The lowest BCUT2D eigenvalue weighted by Gasteiger charge is -2.17. The number of benzene rings is 1. The van der Waals surface area contributed by atoms with E-state index >= 15 is 0 Å². The second-order valence-corrected chi connectivity index (χ2v) is 5.06. The van der Waals surface area contributed by atoms with Crippen molar-refractivity contribution in [2.45, 2.75) is 18.9 Å². The van der Waals surface area contributed by atoms with Gasteiger partial charge < -0.3 is 20.5 Å². The van der Waals surface area contributed by atoms with E-state index in [4.69, 9.17) is 4.74 Å². The number of aliphatic hydroxyl groups excluding tert-OH is 1. The fourth-order valence-corrected chi connectivity index (χ4v) is 1.90. The van der Waals surface area contributed by atoms with Gasteiger partial charge in [-0.15, -0.1) is 0 Å². The van der Waals surface area contributed by atoms with Crippen molar-refractivity contribution in [2.75, 3.05) is 26.4 Å². The summed E-state index contributed by atoms with van der Waals surface area (Å²) < 4.78 is 5.43. The molecular weight excluding hydrogens is 256 g/mol. The summed E-state index contributed by atoms with van der Waals surface area (Å²) in [5.74, 6) is 0.737. The lowest BCUT2D eigenvalue weighted by Crippen LogP contribution is -2.40. The molecule has 0 aromatic heterocycles. The third kappa shape index (κ3) is 5.19. The summed E-state index contributed by atoms with van der Waals surface area (Å²) in [6.07, 6.45) is 2.53. The summed E-state index contributed by atoms with van der Waals surface area (Å²) in [7, 11) is 0. The molecule has 1 aromatic rings. The number of carbonyl (C=O) groups is 1. The molecule has 5 nitrogen and oxygen atoms in total. The average Bonchev–Trinajstić information content (AvgIpc) is 3.29. The fourth-order valence-electron chi connectivity index (χ4n) is 1.90. The highest BCUT2D eigenvalue weighted by Gasteiger charge is 2.20. The van der Waals surface area contributed by atoms with Gasteiger partial charge >= 0.3 is 6.03 Å². The first-order valence-electron chi connectivity index (χ1n) is 7.07. The molecule has 0 saturated heterocycles. The van der Waals surface area contributed by atoms with E-state index in [1.165, 1.54) is 12.8 Å². The van der Waals surface area contributed by atoms with Crippen LogP contribution < -0.4 is 10.6 Å². The first-order chi connectivity index (χ1) is 9.79. The molecule has 2 rings (SSSR count). The highest BCUT2D eigenvalue weighted by atomic mass is 16.5. The highest BCUT2D eigenvalue weighted by Crippen LogP contribution is 2.28. The molecular formula is C15H22N2O3. The summed E-state index contributed by atoms with van der Waals surface area (Å²) in [5.41, 5.74) is 0.884. The number of hydrogen-bond donors (Lipinski definition) is 3. The Balaban J connectivity index is 1.64. The van der Waals surface area contributed by atoms with Crippen LogP contribution in [-0.2, 0) is 4.74 Å². The molecule has 1 aromatic carbocycles. The normalized spacial score (nSPS) is 15.7. The fraction of sp³-hybridized carbons (Fsp3) is 0.533. The van der Waals surface area contributed by atoms with Gasteiger partial charge in [0.2, 0.25) is 0 Å². The van der Waals surface area contributed by atoms with E-state index in [-0.39, 0.29) is 18.7 Å². The molecule has 1 fully saturated rings.